The minimum atomic E-state index is -0.254. The van der Waals surface area contributed by atoms with Gasteiger partial charge in [0.2, 0.25) is 0 Å². The topological polar surface area (TPSA) is 26.3 Å². The highest BCUT2D eigenvalue weighted by atomic mass is 16.5. The molecule has 0 unspecified atom stereocenters. The second-order valence-electron chi connectivity index (χ2n) is 7.50. The zero-order chi connectivity index (χ0) is 15.2. The van der Waals surface area contributed by atoms with Gasteiger partial charge in [-0.25, -0.2) is 4.79 Å². The summed E-state index contributed by atoms with van der Waals surface area (Å²) in [5.74, 6) is 1.54. The zero-order valence-electron chi connectivity index (χ0n) is 13.8. The first-order valence-corrected chi connectivity index (χ1v) is 8.13. The smallest absolute Gasteiger partial charge is 0.333 e. The van der Waals surface area contributed by atoms with Gasteiger partial charge in [-0.15, -0.1) is 0 Å². The van der Waals surface area contributed by atoms with Gasteiger partial charge in [0.15, 0.2) is 0 Å². The third-order valence-corrected chi connectivity index (χ3v) is 4.66. The number of hydrogen-bond donors (Lipinski definition) is 0. The molecule has 1 aliphatic carbocycles. The van der Waals surface area contributed by atoms with Crippen molar-refractivity contribution in [2.24, 2.45) is 17.3 Å². The van der Waals surface area contributed by atoms with Crippen molar-refractivity contribution in [1.29, 1.82) is 0 Å². The van der Waals surface area contributed by atoms with Crippen molar-refractivity contribution < 1.29 is 9.53 Å². The van der Waals surface area contributed by atoms with Crippen molar-refractivity contribution in [3.8, 4) is 0 Å². The van der Waals surface area contributed by atoms with Gasteiger partial charge in [0.1, 0.15) is 0 Å². The van der Waals surface area contributed by atoms with Crippen LogP contribution in [-0.2, 0) is 9.53 Å². The van der Waals surface area contributed by atoms with Crippen molar-refractivity contribution in [3.63, 3.8) is 0 Å². The molecule has 0 aromatic heterocycles. The Bertz CT molecular complexity index is 317. The minimum absolute atomic E-state index is 0.254. The first-order valence-electron chi connectivity index (χ1n) is 8.13. The molecule has 0 aromatic carbocycles. The van der Waals surface area contributed by atoms with Crippen LogP contribution in [0, 0.1) is 17.3 Å². The number of unbranched alkanes of at least 4 members (excludes halogenated alkanes) is 1. The highest BCUT2D eigenvalue weighted by Gasteiger charge is 2.29. The first kappa shape index (κ1) is 17.3. The average molecular weight is 280 g/mol. The Morgan fingerprint density at radius 1 is 1.15 bits per heavy atom. The summed E-state index contributed by atoms with van der Waals surface area (Å²) in [4.78, 5) is 11.2. The molecule has 1 saturated carbocycles. The second kappa shape index (κ2) is 7.85. The standard InChI is InChI=1S/C18H32O2/c1-14(2)17(19)20-13-7-6-8-15-9-11-16(12-10-15)18(3,4)5/h15-16H,1,6-13H2,2-5H3. The summed E-state index contributed by atoms with van der Waals surface area (Å²) in [6.45, 7) is 12.9. The molecule has 0 N–H and O–H groups in total. The quantitative estimate of drug-likeness (QED) is 0.383. The minimum Gasteiger partial charge on any atom is -0.462 e. The van der Waals surface area contributed by atoms with Gasteiger partial charge in [0.05, 0.1) is 6.61 Å². The van der Waals surface area contributed by atoms with Gasteiger partial charge in [-0.05, 0) is 49.9 Å². The van der Waals surface area contributed by atoms with E-state index in [1.807, 2.05) is 0 Å². The largest absolute Gasteiger partial charge is 0.462 e. The number of esters is 1. The second-order valence-corrected chi connectivity index (χ2v) is 7.50. The van der Waals surface area contributed by atoms with E-state index < -0.39 is 0 Å². The molecular weight excluding hydrogens is 248 g/mol. The molecule has 0 aromatic rings. The number of hydrogen-bond acceptors (Lipinski definition) is 2. The van der Waals surface area contributed by atoms with Gasteiger partial charge in [-0.3, -0.25) is 0 Å². The predicted molar refractivity (Wildman–Crippen MR) is 84.5 cm³/mol. The summed E-state index contributed by atoms with van der Waals surface area (Å²) < 4.78 is 5.12. The van der Waals surface area contributed by atoms with E-state index in [1.165, 1.54) is 38.5 Å². The van der Waals surface area contributed by atoms with E-state index >= 15 is 0 Å². The normalized spacial score (nSPS) is 23.4. The summed E-state index contributed by atoms with van der Waals surface area (Å²) in [5.41, 5.74) is 0.965. The highest BCUT2D eigenvalue weighted by molar-refractivity contribution is 5.86. The van der Waals surface area contributed by atoms with E-state index in [-0.39, 0.29) is 5.97 Å². The van der Waals surface area contributed by atoms with Crippen LogP contribution in [0.15, 0.2) is 12.2 Å². The van der Waals surface area contributed by atoms with Crippen LogP contribution in [-0.4, -0.2) is 12.6 Å². The van der Waals surface area contributed by atoms with E-state index in [4.69, 9.17) is 4.74 Å². The fourth-order valence-corrected chi connectivity index (χ4v) is 3.14. The Hall–Kier alpha value is -0.790. The SMILES string of the molecule is C=C(C)C(=O)OCCCCC1CCC(C(C)(C)C)CC1. The molecule has 0 spiro atoms. The molecule has 2 nitrogen and oxygen atoms in total. The van der Waals surface area contributed by atoms with Crippen molar-refractivity contribution in [1.82, 2.24) is 0 Å². The lowest BCUT2D eigenvalue weighted by Gasteiger charge is -2.37. The number of rotatable bonds is 6. The first-order chi connectivity index (χ1) is 9.30. The summed E-state index contributed by atoms with van der Waals surface area (Å²) in [7, 11) is 0. The van der Waals surface area contributed by atoms with E-state index in [2.05, 4.69) is 27.4 Å². The van der Waals surface area contributed by atoms with Gasteiger partial charge < -0.3 is 4.74 Å². The van der Waals surface area contributed by atoms with Gasteiger partial charge in [0, 0.05) is 5.57 Å². The summed E-state index contributed by atoms with van der Waals surface area (Å²) in [6, 6.07) is 0. The third kappa shape index (κ3) is 6.11. The van der Waals surface area contributed by atoms with E-state index in [0.29, 0.717) is 17.6 Å². The fraction of sp³-hybridized carbons (Fsp3) is 0.833. The van der Waals surface area contributed by atoms with Crippen molar-refractivity contribution in [2.75, 3.05) is 6.61 Å². The molecule has 0 radical (unpaired) electrons. The molecule has 116 valence electrons. The molecular formula is C18H32O2. The van der Waals surface area contributed by atoms with E-state index in [0.717, 1.165) is 18.3 Å². The third-order valence-electron chi connectivity index (χ3n) is 4.66. The zero-order valence-corrected chi connectivity index (χ0v) is 13.8. The van der Waals surface area contributed by atoms with Crippen LogP contribution in [0.5, 0.6) is 0 Å². The molecule has 0 heterocycles. The van der Waals surface area contributed by atoms with Crippen LogP contribution in [0.1, 0.15) is 72.6 Å². The Labute approximate surface area is 125 Å². The fourth-order valence-electron chi connectivity index (χ4n) is 3.14. The van der Waals surface area contributed by atoms with Crippen LogP contribution in [0.2, 0.25) is 0 Å². The van der Waals surface area contributed by atoms with Crippen molar-refractivity contribution >= 4 is 5.97 Å². The highest BCUT2D eigenvalue weighted by Crippen LogP contribution is 2.40. The molecule has 1 fully saturated rings. The lowest BCUT2D eigenvalue weighted by molar-refractivity contribution is -0.139. The molecule has 1 aliphatic rings. The van der Waals surface area contributed by atoms with Crippen LogP contribution < -0.4 is 0 Å². The molecule has 1 rings (SSSR count). The number of carbonyl (C=O) groups is 1. The summed E-state index contributed by atoms with van der Waals surface area (Å²) >= 11 is 0. The average Bonchev–Trinajstić information content (AvgIpc) is 2.37. The van der Waals surface area contributed by atoms with Gasteiger partial charge >= 0.3 is 5.97 Å². The maximum absolute atomic E-state index is 11.2. The van der Waals surface area contributed by atoms with Crippen LogP contribution in [0.4, 0.5) is 0 Å². The number of ether oxygens (including phenoxy) is 1. The monoisotopic (exact) mass is 280 g/mol. The van der Waals surface area contributed by atoms with E-state index in [1.54, 1.807) is 6.92 Å². The van der Waals surface area contributed by atoms with Gasteiger partial charge in [-0.2, -0.15) is 0 Å². The molecule has 20 heavy (non-hydrogen) atoms. The molecule has 0 aliphatic heterocycles. The van der Waals surface area contributed by atoms with Gasteiger partial charge in [-0.1, -0.05) is 46.6 Å². The molecule has 0 amide bonds. The molecule has 0 saturated heterocycles. The number of carbonyl (C=O) groups excluding carboxylic acids is 1. The molecule has 0 bridgehead atoms. The van der Waals surface area contributed by atoms with Crippen molar-refractivity contribution in [2.45, 2.75) is 72.6 Å². The lowest BCUT2D eigenvalue weighted by Crippen LogP contribution is -2.25. The Morgan fingerprint density at radius 3 is 2.25 bits per heavy atom. The predicted octanol–water partition coefficient (Wildman–Crippen LogP) is 5.13. The lowest BCUT2D eigenvalue weighted by atomic mass is 9.69. The van der Waals surface area contributed by atoms with Crippen LogP contribution in [0.25, 0.3) is 0 Å². The summed E-state index contributed by atoms with van der Waals surface area (Å²) in [6.07, 6.45) is 8.99. The Morgan fingerprint density at radius 2 is 1.75 bits per heavy atom. The van der Waals surface area contributed by atoms with E-state index in [9.17, 15) is 4.79 Å². The van der Waals surface area contributed by atoms with Gasteiger partial charge in [0.25, 0.3) is 0 Å². The van der Waals surface area contributed by atoms with Crippen LogP contribution in [0.3, 0.4) is 0 Å². The molecule has 2 heteroatoms. The molecule has 0 atom stereocenters. The maximum atomic E-state index is 11.2. The summed E-state index contributed by atoms with van der Waals surface area (Å²) in [5, 5.41) is 0. The van der Waals surface area contributed by atoms with Crippen molar-refractivity contribution in [3.05, 3.63) is 12.2 Å². The Kier molecular flexibility index (Phi) is 6.78. The van der Waals surface area contributed by atoms with Crippen LogP contribution >= 0.6 is 0 Å². The maximum Gasteiger partial charge on any atom is 0.333 e. The Balaban J connectivity index is 2.07.